The molecule has 0 aliphatic heterocycles. The van der Waals surface area contributed by atoms with Gasteiger partial charge in [0.2, 0.25) is 0 Å². The lowest BCUT2D eigenvalue weighted by Crippen LogP contribution is -2.09. The number of benzene rings is 1. The lowest BCUT2D eigenvalue weighted by Gasteiger charge is -1.99. The Morgan fingerprint density at radius 1 is 1.32 bits per heavy atom. The van der Waals surface area contributed by atoms with Gasteiger partial charge in [-0.3, -0.25) is 19.9 Å². The van der Waals surface area contributed by atoms with Crippen LogP contribution in [0.1, 0.15) is 18.3 Å². The molecule has 0 aliphatic rings. The van der Waals surface area contributed by atoms with Crippen molar-refractivity contribution >= 4 is 28.7 Å². The molecule has 3 aromatic rings. The maximum absolute atomic E-state index is 12.0. The van der Waals surface area contributed by atoms with E-state index in [2.05, 4.69) is 15.0 Å². The van der Waals surface area contributed by atoms with E-state index in [1.165, 1.54) is 18.3 Å². The van der Waals surface area contributed by atoms with Gasteiger partial charge in [-0.2, -0.15) is 0 Å². The summed E-state index contributed by atoms with van der Waals surface area (Å²) in [6.45, 7) is 1.86. The highest BCUT2D eigenvalue weighted by atomic mass is 16.6. The molecule has 124 valence electrons. The number of rotatable bonds is 4. The maximum atomic E-state index is 12.0. The highest BCUT2D eigenvalue weighted by molar-refractivity contribution is 5.77. The Labute approximate surface area is 142 Å². The van der Waals surface area contributed by atoms with E-state index < -0.39 is 4.92 Å². The van der Waals surface area contributed by atoms with Gasteiger partial charge in [0.25, 0.3) is 11.2 Å². The molecule has 25 heavy (non-hydrogen) atoms. The molecule has 0 bridgehead atoms. The third-order valence-electron chi connectivity index (χ3n) is 3.51. The van der Waals surface area contributed by atoms with Crippen molar-refractivity contribution in [2.24, 2.45) is 0 Å². The van der Waals surface area contributed by atoms with Gasteiger partial charge in [0.15, 0.2) is 0 Å². The summed E-state index contributed by atoms with van der Waals surface area (Å²) in [6.07, 6.45) is 8.34. The van der Waals surface area contributed by atoms with Gasteiger partial charge in [-0.1, -0.05) is 29.9 Å². The number of nitro groups is 1. The van der Waals surface area contributed by atoms with Crippen molar-refractivity contribution in [2.75, 3.05) is 0 Å². The molecule has 1 N–H and O–H groups in total. The van der Waals surface area contributed by atoms with Crippen molar-refractivity contribution in [2.45, 2.75) is 6.92 Å². The average molecular weight is 334 g/mol. The van der Waals surface area contributed by atoms with Crippen LogP contribution < -0.4 is 5.56 Å². The van der Waals surface area contributed by atoms with Crippen molar-refractivity contribution in [1.29, 1.82) is 0 Å². The zero-order valence-corrected chi connectivity index (χ0v) is 13.3. The van der Waals surface area contributed by atoms with Crippen molar-refractivity contribution in [3.8, 4) is 0 Å². The van der Waals surface area contributed by atoms with Crippen molar-refractivity contribution in [3.05, 3.63) is 86.2 Å². The molecule has 0 amide bonds. The number of nitrogens with one attached hydrogen (secondary N) is 1. The Balaban J connectivity index is 1.87. The largest absolute Gasteiger partial charge is 0.306 e. The molecule has 0 aliphatic carbocycles. The van der Waals surface area contributed by atoms with Gasteiger partial charge in [0.05, 0.1) is 22.0 Å². The number of pyridine rings is 1. The summed E-state index contributed by atoms with van der Waals surface area (Å²) >= 11 is 0. The standard InChI is InChI=1S/C18H14N4O3/c1-12(9-13-3-2-4-14(10-13)22(24)25)5-6-17-20-16-11-19-8-7-15(16)18(23)21-17/h2-11H,1H3,(H,20,21,23). The fourth-order valence-corrected chi connectivity index (χ4v) is 2.34. The smallest absolute Gasteiger partial charge is 0.270 e. The first-order chi connectivity index (χ1) is 12.0. The van der Waals surface area contributed by atoms with Gasteiger partial charge in [-0.05, 0) is 24.6 Å². The molecule has 0 saturated heterocycles. The fourth-order valence-electron chi connectivity index (χ4n) is 2.34. The maximum Gasteiger partial charge on any atom is 0.270 e. The molecular weight excluding hydrogens is 320 g/mol. The van der Waals surface area contributed by atoms with Gasteiger partial charge in [0.1, 0.15) is 5.82 Å². The highest BCUT2D eigenvalue weighted by Gasteiger charge is 2.04. The van der Waals surface area contributed by atoms with Crippen LogP contribution in [0.5, 0.6) is 0 Å². The number of allylic oxidation sites excluding steroid dienone is 2. The minimum Gasteiger partial charge on any atom is -0.306 e. The van der Waals surface area contributed by atoms with E-state index in [0.717, 1.165) is 11.1 Å². The quantitative estimate of drug-likeness (QED) is 0.448. The van der Waals surface area contributed by atoms with Gasteiger partial charge >= 0.3 is 0 Å². The minimum atomic E-state index is -0.430. The molecule has 3 rings (SSSR count). The Kier molecular flexibility index (Phi) is 4.47. The van der Waals surface area contributed by atoms with Gasteiger partial charge in [0, 0.05) is 18.3 Å². The van der Waals surface area contributed by atoms with E-state index in [1.54, 1.807) is 36.5 Å². The van der Waals surface area contributed by atoms with Gasteiger partial charge < -0.3 is 4.98 Å². The first kappa shape index (κ1) is 16.3. The van der Waals surface area contributed by atoms with E-state index in [9.17, 15) is 14.9 Å². The second-order valence-electron chi connectivity index (χ2n) is 5.42. The number of hydrogen-bond acceptors (Lipinski definition) is 5. The second kappa shape index (κ2) is 6.88. The lowest BCUT2D eigenvalue weighted by molar-refractivity contribution is -0.384. The SMILES string of the molecule is CC(C=Cc1nc2cnccc2c(=O)[nH]1)=Cc1cccc([N+](=O)[O-])c1. The number of H-pyrrole nitrogens is 1. The lowest BCUT2D eigenvalue weighted by atomic mass is 10.1. The second-order valence-corrected chi connectivity index (χ2v) is 5.42. The summed E-state index contributed by atoms with van der Waals surface area (Å²) in [7, 11) is 0. The number of nitro benzene ring substituents is 1. The first-order valence-electron chi connectivity index (χ1n) is 7.48. The third-order valence-corrected chi connectivity index (χ3v) is 3.51. The molecule has 0 radical (unpaired) electrons. The Hall–Kier alpha value is -3.61. The molecule has 0 fully saturated rings. The van der Waals surface area contributed by atoms with E-state index in [4.69, 9.17) is 0 Å². The van der Waals surface area contributed by atoms with E-state index in [0.29, 0.717) is 16.7 Å². The van der Waals surface area contributed by atoms with Crippen LogP contribution in [0, 0.1) is 10.1 Å². The Morgan fingerprint density at radius 3 is 2.96 bits per heavy atom. The monoisotopic (exact) mass is 334 g/mol. The summed E-state index contributed by atoms with van der Waals surface area (Å²) in [4.78, 5) is 33.4. The zero-order valence-electron chi connectivity index (χ0n) is 13.3. The van der Waals surface area contributed by atoms with E-state index in [-0.39, 0.29) is 11.2 Å². The molecule has 0 atom stereocenters. The number of aromatic nitrogens is 3. The molecule has 0 spiro atoms. The number of fused-ring (bicyclic) bond motifs is 1. The molecular formula is C18H14N4O3. The Bertz CT molecular complexity index is 1070. The predicted octanol–water partition coefficient (Wildman–Crippen LogP) is 3.34. The van der Waals surface area contributed by atoms with Crippen LogP contribution in [-0.2, 0) is 0 Å². The molecule has 2 aromatic heterocycles. The third kappa shape index (κ3) is 3.84. The zero-order chi connectivity index (χ0) is 17.8. The van der Waals surface area contributed by atoms with Crippen LogP contribution in [-0.4, -0.2) is 19.9 Å². The van der Waals surface area contributed by atoms with Gasteiger partial charge in [-0.15, -0.1) is 0 Å². The summed E-state index contributed by atoms with van der Waals surface area (Å²) in [6, 6.07) is 7.98. The van der Waals surface area contributed by atoms with Gasteiger partial charge in [-0.25, -0.2) is 4.98 Å². The highest BCUT2D eigenvalue weighted by Crippen LogP contribution is 2.16. The van der Waals surface area contributed by atoms with Crippen molar-refractivity contribution < 1.29 is 4.92 Å². The number of non-ortho nitro benzene ring substituents is 1. The first-order valence-corrected chi connectivity index (χ1v) is 7.48. The molecule has 7 heteroatoms. The van der Waals surface area contributed by atoms with Crippen LogP contribution in [0.4, 0.5) is 5.69 Å². The molecule has 1 aromatic carbocycles. The van der Waals surface area contributed by atoms with Crippen LogP contribution in [0.2, 0.25) is 0 Å². The fraction of sp³-hybridized carbons (Fsp3) is 0.0556. The molecule has 0 unspecified atom stereocenters. The molecule has 7 nitrogen and oxygen atoms in total. The minimum absolute atomic E-state index is 0.0403. The summed E-state index contributed by atoms with van der Waals surface area (Å²) < 4.78 is 0. The van der Waals surface area contributed by atoms with Crippen LogP contribution in [0.15, 0.2) is 59.2 Å². The number of aromatic amines is 1. The van der Waals surface area contributed by atoms with E-state index in [1.807, 2.05) is 13.0 Å². The number of nitrogens with zero attached hydrogens (tertiary/aromatic N) is 3. The average Bonchev–Trinajstić information content (AvgIpc) is 2.60. The summed E-state index contributed by atoms with van der Waals surface area (Å²) in [5, 5.41) is 11.3. The predicted molar refractivity (Wildman–Crippen MR) is 95.9 cm³/mol. The summed E-state index contributed by atoms with van der Waals surface area (Å²) in [5.74, 6) is 0.414. The van der Waals surface area contributed by atoms with Crippen LogP contribution in [0.3, 0.4) is 0 Å². The molecule has 0 saturated carbocycles. The normalized spacial score (nSPS) is 12.0. The van der Waals surface area contributed by atoms with E-state index >= 15 is 0 Å². The van der Waals surface area contributed by atoms with Crippen LogP contribution >= 0.6 is 0 Å². The topological polar surface area (TPSA) is 102 Å². The van der Waals surface area contributed by atoms with Crippen LogP contribution in [0.25, 0.3) is 23.1 Å². The Morgan fingerprint density at radius 2 is 2.16 bits per heavy atom. The van der Waals surface area contributed by atoms with Crippen molar-refractivity contribution in [3.63, 3.8) is 0 Å². The number of hydrogen-bond donors (Lipinski definition) is 1. The van der Waals surface area contributed by atoms with Crippen molar-refractivity contribution in [1.82, 2.24) is 15.0 Å². The summed E-state index contributed by atoms with van der Waals surface area (Å²) in [5.41, 5.74) is 1.91. The molecule has 2 heterocycles.